The maximum atomic E-state index is 13.0. The number of aryl methyl sites for hydroxylation is 1. The number of Topliss-reactive ketones (excluding diaryl/α,β-unsaturated/α-hetero) is 1. The lowest BCUT2D eigenvalue weighted by atomic mass is 10.0. The van der Waals surface area contributed by atoms with Gasteiger partial charge in [-0.05, 0) is 36.3 Å². The predicted molar refractivity (Wildman–Crippen MR) is 124 cm³/mol. The van der Waals surface area contributed by atoms with Crippen molar-refractivity contribution in [1.82, 2.24) is 25.7 Å². The van der Waals surface area contributed by atoms with E-state index >= 15 is 0 Å². The molecule has 2 heterocycles. The summed E-state index contributed by atoms with van der Waals surface area (Å²) in [7, 11) is 0. The van der Waals surface area contributed by atoms with E-state index in [0.717, 1.165) is 11.1 Å². The molecule has 0 radical (unpaired) electrons. The van der Waals surface area contributed by atoms with Crippen LogP contribution in [0.2, 0.25) is 0 Å². The molecule has 10 nitrogen and oxygen atoms in total. The van der Waals surface area contributed by atoms with Gasteiger partial charge in [-0.1, -0.05) is 44.2 Å². The standard InChI is InChI=1S/C24H31N5O5/c1-16(2)20(28-24(33)34-15-17-7-4-3-5-8-17)22(31)27-19-9-6-12-29-14-18(13-26-29)10-11-25-23(32)21(19)30/h3-5,7-8,13-14,16,19-20H,6,9-12,15H2,1-2H3,(H,25,32)(H,27,31)(H,28,33). The highest BCUT2D eigenvalue weighted by atomic mass is 16.5. The molecular weight excluding hydrogens is 438 g/mol. The number of hydrogen-bond donors (Lipinski definition) is 3. The number of nitrogens with one attached hydrogen (secondary N) is 3. The normalized spacial score (nSPS) is 17.7. The molecule has 10 heteroatoms. The molecule has 34 heavy (non-hydrogen) atoms. The molecule has 2 bridgehead atoms. The number of ether oxygens (including phenoxy) is 1. The third kappa shape index (κ3) is 7.16. The van der Waals surface area contributed by atoms with Gasteiger partial charge in [0.15, 0.2) is 0 Å². The van der Waals surface area contributed by atoms with Crippen molar-refractivity contribution in [2.45, 2.75) is 58.3 Å². The van der Waals surface area contributed by atoms with Crippen LogP contribution in [-0.4, -0.2) is 52.1 Å². The van der Waals surface area contributed by atoms with Crippen LogP contribution < -0.4 is 16.0 Å². The number of benzene rings is 1. The Hall–Kier alpha value is -3.69. The maximum absolute atomic E-state index is 13.0. The Morgan fingerprint density at radius 1 is 1.24 bits per heavy atom. The van der Waals surface area contributed by atoms with Gasteiger partial charge in [0.1, 0.15) is 12.6 Å². The minimum absolute atomic E-state index is 0.0650. The van der Waals surface area contributed by atoms with Gasteiger partial charge >= 0.3 is 6.09 Å². The molecule has 3 rings (SSSR count). The Labute approximate surface area is 198 Å². The number of fused-ring (bicyclic) bond motifs is 2. The molecule has 2 unspecified atom stereocenters. The maximum Gasteiger partial charge on any atom is 0.408 e. The summed E-state index contributed by atoms with van der Waals surface area (Å²) >= 11 is 0. The number of hydrogen-bond acceptors (Lipinski definition) is 6. The van der Waals surface area contributed by atoms with Crippen molar-refractivity contribution >= 4 is 23.7 Å². The Balaban J connectivity index is 1.62. The first-order valence-corrected chi connectivity index (χ1v) is 11.4. The van der Waals surface area contributed by atoms with Crippen LogP contribution >= 0.6 is 0 Å². The van der Waals surface area contributed by atoms with Gasteiger partial charge in [0, 0.05) is 19.3 Å². The van der Waals surface area contributed by atoms with Crippen molar-refractivity contribution in [2.24, 2.45) is 5.92 Å². The molecule has 2 aromatic rings. The Kier molecular flexibility index (Phi) is 8.78. The van der Waals surface area contributed by atoms with Crippen molar-refractivity contribution in [1.29, 1.82) is 0 Å². The number of aromatic nitrogens is 2. The number of carbonyl (C=O) groups excluding carboxylic acids is 4. The molecular formula is C24H31N5O5. The Morgan fingerprint density at radius 3 is 2.74 bits per heavy atom. The van der Waals surface area contributed by atoms with Gasteiger partial charge in [-0.25, -0.2) is 4.79 Å². The first-order chi connectivity index (χ1) is 16.3. The van der Waals surface area contributed by atoms with Crippen LogP contribution in [0.3, 0.4) is 0 Å². The lowest BCUT2D eigenvalue weighted by molar-refractivity contribution is -0.140. The molecule has 3 amide bonds. The Morgan fingerprint density at radius 2 is 2.00 bits per heavy atom. The van der Waals surface area contributed by atoms with E-state index in [0.29, 0.717) is 25.9 Å². The number of carbonyl (C=O) groups is 4. The summed E-state index contributed by atoms with van der Waals surface area (Å²) < 4.78 is 7.00. The van der Waals surface area contributed by atoms with Crippen LogP contribution in [0, 0.1) is 5.92 Å². The predicted octanol–water partition coefficient (Wildman–Crippen LogP) is 1.34. The molecule has 1 aromatic heterocycles. The van der Waals surface area contributed by atoms with E-state index in [9.17, 15) is 19.2 Å². The van der Waals surface area contributed by atoms with Gasteiger partial charge in [-0.3, -0.25) is 19.1 Å². The summed E-state index contributed by atoms with van der Waals surface area (Å²) in [6.45, 7) is 4.45. The monoisotopic (exact) mass is 469 g/mol. The van der Waals surface area contributed by atoms with E-state index in [-0.39, 0.29) is 18.9 Å². The summed E-state index contributed by atoms with van der Waals surface area (Å²) in [6, 6.07) is 7.23. The van der Waals surface area contributed by atoms with Crippen molar-refractivity contribution in [2.75, 3.05) is 6.54 Å². The van der Waals surface area contributed by atoms with E-state index in [4.69, 9.17) is 4.74 Å². The average molecular weight is 470 g/mol. The number of nitrogens with zero attached hydrogens (tertiary/aromatic N) is 2. The number of alkyl carbamates (subject to hydrolysis) is 1. The fraction of sp³-hybridized carbons (Fsp3) is 0.458. The second-order valence-corrected chi connectivity index (χ2v) is 8.61. The zero-order valence-electron chi connectivity index (χ0n) is 19.5. The summed E-state index contributed by atoms with van der Waals surface area (Å²) in [5.41, 5.74) is 1.79. The molecule has 2 atom stereocenters. The fourth-order valence-electron chi connectivity index (χ4n) is 3.64. The smallest absolute Gasteiger partial charge is 0.408 e. The minimum Gasteiger partial charge on any atom is -0.445 e. The second-order valence-electron chi connectivity index (χ2n) is 8.61. The first kappa shape index (κ1) is 24.9. The van der Waals surface area contributed by atoms with Crippen LogP contribution in [0.25, 0.3) is 0 Å². The van der Waals surface area contributed by atoms with Gasteiger partial charge < -0.3 is 20.7 Å². The quantitative estimate of drug-likeness (QED) is 0.547. The van der Waals surface area contributed by atoms with E-state index in [1.165, 1.54) is 0 Å². The molecule has 3 N–H and O–H groups in total. The molecule has 1 aromatic carbocycles. The molecule has 0 fully saturated rings. The third-order valence-electron chi connectivity index (χ3n) is 5.56. The van der Waals surface area contributed by atoms with Crippen molar-refractivity contribution in [3.8, 4) is 0 Å². The highest BCUT2D eigenvalue weighted by Gasteiger charge is 2.31. The topological polar surface area (TPSA) is 131 Å². The van der Waals surface area contributed by atoms with Crippen molar-refractivity contribution in [3.63, 3.8) is 0 Å². The second kappa shape index (κ2) is 12.0. The largest absolute Gasteiger partial charge is 0.445 e. The number of amides is 3. The summed E-state index contributed by atoms with van der Waals surface area (Å²) in [5, 5.41) is 12.1. The summed E-state index contributed by atoms with van der Waals surface area (Å²) in [6.07, 6.45) is 4.25. The van der Waals surface area contributed by atoms with Gasteiger partial charge in [0.2, 0.25) is 11.7 Å². The van der Waals surface area contributed by atoms with E-state index in [1.54, 1.807) is 24.7 Å². The molecule has 1 aliphatic rings. The molecule has 0 aliphatic carbocycles. The van der Waals surface area contributed by atoms with Crippen LogP contribution in [-0.2, 0) is 38.7 Å². The van der Waals surface area contributed by atoms with E-state index in [1.807, 2.05) is 36.5 Å². The van der Waals surface area contributed by atoms with Gasteiger partial charge in [-0.15, -0.1) is 0 Å². The van der Waals surface area contributed by atoms with Crippen LogP contribution in [0.4, 0.5) is 4.79 Å². The number of rotatable bonds is 6. The zero-order valence-corrected chi connectivity index (χ0v) is 19.5. The van der Waals surface area contributed by atoms with E-state index in [2.05, 4.69) is 21.0 Å². The minimum atomic E-state index is -1.01. The molecule has 0 saturated carbocycles. The average Bonchev–Trinajstić information content (AvgIpc) is 3.27. The van der Waals surface area contributed by atoms with Crippen molar-refractivity contribution in [3.05, 3.63) is 53.9 Å². The van der Waals surface area contributed by atoms with Gasteiger partial charge in [0.05, 0.1) is 12.2 Å². The van der Waals surface area contributed by atoms with Crippen LogP contribution in [0.1, 0.15) is 37.8 Å². The van der Waals surface area contributed by atoms with Gasteiger partial charge in [0.25, 0.3) is 5.91 Å². The first-order valence-electron chi connectivity index (χ1n) is 11.4. The molecule has 182 valence electrons. The highest BCUT2D eigenvalue weighted by Crippen LogP contribution is 2.09. The van der Waals surface area contributed by atoms with Crippen LogP contribution in [0.15, 0.2) is 42.7 Å². The number of ketones is 1. The zero-order chi connectivity index (χ0) is 24.5. The SMILES string of the molecule is CC(C)C(NC(=O)OCc1ccccc1)C(=O)NC1CCCn2cc(cn2)CCNC(=O)C1=O. The molecule has 1 aliphatic heterocycles. The Bertz CT molecular complexity index is 1000. The summed E-state index contributed by atoms with van der Waals surface area (Å²) in [5.74, 6) is -2.27. The molecule has 0 spiro atoms. The third-order valence-corrected chi connectivity index (χ3v) is 5.56. The lowest BCUT2D eigenvalue weighted by Gasteiger charge is -2.25. The van der Waals surface area contributed by atoms with Crippen molar-refractivity contribution < 1.29 is 23.9 Å². The van der Waals surface area contributed by atoms with Crippen LogP contribution in [0.5, 0.6) is 0 Å². The highest BCUT2D eigenvalue weighted by molar-refractivity contribution is 6.38. The fourth-order valence-corrected chi connectivity index (χ4v) is 3.64. The summed E-state index contributed by atoms with van der Waals surface area (Å²) in [4.78, 5) is 50.4. The lowest BCUT2D eigenvalue weighted by Crippen LogP contribution is -2.55. The molecule has 0 saturated heterocycles. The van der Waals surface area contributed by atoms with Gasteiger partial charge in [-0.2, -0.15) is 5.10 Å². The van der Waals surface area contributed by atoms with E-state index < -0.39 is 35.8 Å².